The van der Waals surface area contributed by atoms with Crippen LogP contribution in [0.25, 0.3) is 33.4 Å². The minimum atomic E-state index is -0.769. The lowest BCUT2D eigenvalue weighted by Gasteiger charge is -2.33. The summed E-state index contributed by atoms with van der Waals surface area (Å²) >= 11 is 0. The summed E-state index contributed by atoms with van der Waals surface area (Å²) in [5, 5.41) is 4.89. The fourth-order valence-electron chi connectivity index (χ4n) is 5.57. The predicted octanol–water partition coefficient (Wildman–Crippen LogP) is 9.39. The normalized spacial score (nSPS) is 15.5. The Kier molecular flexibility index (Phi) is 5.41. The molecule has 0 N–H and O–H groups in total. The van der Waals surface area contributed by atoms with Crippen molar-refractivity contribution < 1.29 is 4.74 Å². The number of fused-ring (bicyclic) bond motifs is 2. The first-order valence-corrected chi connectivity index (χ1v) is 13.0. The second kappa shape index (κ2) is 9.21. The van der Waals surface area contributed by atoms with E-state index < -0.39 is 5.60 Å². The molecule has 0 spiro atoms. The SMILES string of the molecule is C1=C(c2ccc3ccccc3c2)OC(c2ccccc2)(c2ccccc2)/C1=C/c1ccc2ccccc2c1. The Morgan fingerprint density at radius 2 is 1.00 bits per heavy atom. The van der Waals surface area contributed by atoms with E-state index in [-0.39, 0.29) is 0 Å². The lowest BCUT2D eigenvalue weighted by Crippen LogP contribution is -2.29. The van der Waals surface area contributed by atoms with Crippen LogP contribution < -0.4 is 0 Å². The molecule has 1 heterocycles. The van der Waals surface area contributed by atoms with Crippen LogP contribution in [0.5, 0.6) is 0 Å². The van der Waals surface area contributed by atoms with Crippen molar-refractivity contribution in [3.8, 4) is 0 Å². The van der Waals surface area contributed by atoms with Crippen LogP contribution in [0.1, 0.15) is 22.3 Å². The van der Waals surface area contributed by atoms with Gasteiger partial charge in [0.1, 0.15) is 5.76 Å². The van der Waals surface area contributed by atoms with Gasteiger partial charge in [0.05, 0.1) is 0 Å². The largest absolute Gasteiger partial charge is 0.472 e. The summed E-state index contributed by atoms with van der Waals surface area (Å²) in [4.78, 5) is 0. The molecule has 0 saturated heterocycles. The van der Waals surface area contributed by atoms with E-state index in [9.17, 15) is 0 Å². The van der Waals surface area contributed by atoms with E-state index >= 15 is 0 Å². The van der Waals surface area contributed by atoms with Crippen molar-refractivity contribution >= 4 is 33.4 Å². The average Bonchev–Trinajstić information content (AvgIpc) is 3.38. The molecule has 0 fully saturated rings. The van der Waals surface area contributed by atoms with Gasteiger partial charge in [0.15, 0.2) is 5.60 Å². The molecule has 180 valence electrons. The smallest absolute Gasteiger partial charge is 0.184 e. The molecule has 0 bridgehead atoms. The quantitative estimate of drug-likeness (QED) is 0.241. The summed E-state index contributed by atoms with van der Waals surface area (Å²) < 4.78 is 7.12. The maximum atomic E-state index is 7.12. The Balaban J connectivity index is 1.46. The Hall–Kier alpha value is -4.88. The second-order valence-corrected chi connectivity index (χ2v) is 9.79. The summed E-state index contributed by atoms with van der Waals surface area (Å²) in [6.07, 6.45) is 4.50. The van der Waals surface area contributed by atoms with Gasteiger partial charge in [-0.25, -0.2) is 0 Å². The highest BCUT2D eigenvalue weighted by Crippen LogP contribution is 2.50. The molecule has 7 rings (SSSR count). The summed E-state index contributed by atoms with van der Waals surface area (Å²) in [5.74, 6) is 0.871. The summed E-state index contributed by atoms with van der Waals surface area (Å²) in [7, 11) is 0. The van der Waals surface area contributed by atoms with Gasteiger partial charge in [-0.15, -0.1) is 0 Å². The van der Waals surface area contributed by atoms with Crippen molar-refractivity contribution in [1.82, 2.24) is 0 Å². The Labute approximate surface area is 223 Å². The number of hydrogen-bond acceptors (Lipinski definition) is 1. The standard InChI is InChI=1S/C37H26O/c1-3-15-33(16-4-1)37(34-17-5-2-6-18-34)35(24-27-19-20-28-11-7-9-13-30(28)23-27)26-36(38-37)32-22-21-29-12-8-10-14-31(29)25-32/h1-26H/b35-24+. The van der Waals surface area contributed by atoms with Crippen LogP contribution in [-0.4, -0.2) is 0 Å². The molecule has 6 aromatic carbocycles. The van der Waals surface area contributed by atoms with Gasteiger partial charge >= 0.3 is 0 Å². The first-order chi connectivity index (χ1) is 18.8. The Morgan fingerprint density at radius 1 is 0.474 bits per heavy atom. The molecule has 0 aliphatic carbocycles. The highest BCUT2D eigenvalue weighted by molar-refractivity contribution is 5.88. The third-order valence-corrected chi connectivity index (χ3v) is 7.45. The Morgan fingerprint density at radius 3 is 1.63 bits per heavy atom. The molecule has 0 saturated carbocycles. The van der Waals surface area contributed by atoms with E-state index in [4.69, 9.17) is 4.74 Å². The number of ether oxygens (including phenoxy) is 1. The van der Waals surface area contributed by atoms with Crippen molar-refractivity contribution in [2.75, 3.05) is 0 Å². The second-order valence-electron chi connectivity index (χ2n) is 9.79. The van der Waals surface area contributed by atoms with Crippen molar-refractivity contribution in [2.45, 2.75) is 5.60 Å². The van der Waals surface area contributed by atoms with Crippen molar-refractivity contribution in [1.29, 1.82) is 0 Å². The molecule has 1 aliphatic heterocycles. The zero-order valence-electron chi connectivity index (χ0n) is 20.9. The molecule has 0 radical (unpaired) electrons. The molecule has 1 nitrogen and oxygen atoms in total. The molecule has 0 amide bonds. The van der Waals surface area contributed by atoms with E-state index in [1.807, 2.05) is 0 Å². The molecule has 1 heteroatoms. The molecule has 0 atom stereocenters. The zero-order valence-corrected chi connectivity index (χ0v) is 20.9. The van der Waals surface area contributed by atoms with Crippen molar-refractivity contribution in [3.05, 3.63) is 179 Å². The molecule has 0 unspecified atom stereocenters. The van der Waals surface area contributed by atoms with Crippen LogP contribution in [0.2, 0.25) is 0 Å². The maximum absolute atomic E-state index is 7.12. The number of benzene rings is 6. The van der Waals surface area contributed by atoms with E-state index in [1.54, 1.807) is 0 Å². The fraction of sp³-hybridized carbons (Fsp3) is 0.0270. The first kappa shape index (κ1) is 22.3. The minimum absolute atomic E-state index is 0.769. The lowest BCUT2D eigenvalue weighted by atomic mass is 9.80. The summed E-state index contributed by atoms with van der Waals surface area (Å²) in [5.41, 5.74) is 4.76. The maximum Gasteiger partial charge on any atom is 0.184 e. The third kappa shape index (κ3) is 3.81. The highest BCUT2D eigenvalue weighted by atomic mass is 16.5. The van der Waals surface area contributed by atoms with Gasteiger partial charge < -0.3 is 4.74 Å². The van der Waals surface area contributed by atoms with Crippen LogP contribution in [0.15, 0.2) is 157 Å². The number of hydrogen-bond donors (Lipinski definition) is 0. The van der Waals surface area contributed by atoms with Crippen LogP contribution in [0, 0.1) is 0 Å². The van der Waals surface area contributed by atoms with E-state index in [0.717, 1.165) is 33.6 Å². The average molecular weight is 487 g/mol. The third-order valence-electron chi connectivity index (χ3n) is 7.45. The summed E-state index contributed by atoms with van der Waals surface area (Å²) in [6, 6.07) is 51.3. The van der Waals surface area contributed by atoms with Gasteiger partial charge in [0.25, 0.3) is 0 Å². The van der Waals surface area contributed by atoms with Crippen molar-refractivity contribution in [2.24, 2.45) is 0 Å². The molecular formula is C37H26O. The van der Waals surface area contributed by atoms with E-state index in [2.05, 4.69) is 158 Å². The summed E-state index contributed by atoms with van der Waals surface area (Å²) in [6.45, 7) is 0. The van der Waals surface area contributed by atoms with Crippen LogP contribution in [0.4, 0.5) is 0 Å². The monoisotopic (exact) mass is 486 g/mol. The number of rotatable bonds is 4. The molecule has 38 heavy (non-hydrogen) atoms. The lowest BCUT2D eigenvalue weighted by molar-refractivity contribution is 0.135. The minimum Gasteiger partial charge on any atom is -0.472 e. The van der Waals surface area contributed by atoms with Gasteiger partial charge in [-0.05, 0) is 51.4 Å². The van der Waals surface area contributed by atoms with Gasteiger partial charge in [0.2, 0.25) is 0 Å². The highest BCUT2D eigenvalue weighted by Gasteiger charge is 2.44. The van der Waals surface area contributed by atoms with Crippen molar-refractivity contribution in [3.63, 3.8) is 0 Å². The zero-order chi connectivity index (χ0) is 25.4. The van der Waals surface area contributed by atoms with Gasteiger partial charge in [-0.1, -0.05) is 133 Å². The van der Waals surface area contributed by atoms with E-state index in [0.29, 0.717) is 0 Å². The van der Waals surface area contributed by atoms with E-state index in [1.165, 1.54) is 21.5 Å². The van der Waals surface area contributed by atoms with Gasteiger partial charge in [0, 0.05) is 22.3 Å². The first-order valence-electron chi connectivity index (χ1n) is 13.0. The molecule has 0 aromatic heterocycles. The predicted molar refractivity (Wildman–Crippen MR) is 159 cm³/mol. The van der Waals surface area contributed by atoms with Crippen LogP contribution in [-0.2, 0) is 10.3 Å². The topological polar surface area (TPSA) is 9.23 Å². The molecule has 6 aromatic rings. The van der Waals surface area contributed by atoms with Crippen LogP contribution >= 0.6 is 0 Å². The van der Waals surface area contributed by atoms with Gasteiger partial charge in [-0.3, -0.25) is 0 Å². The molecule has 1 aliphatic rings. The molecular weight excluding hydrogens is 460 g/mol. The van der Waals surface area contributed by atoms with Gasteiger partial charge in [-0.2, -0.15) is 0 Å². The van der Waals surface area contributed by atoms with Crippen LogP contribution in [0.3, 0.4) is 0 Å². The fourth-order valence-corrected chi connectivity index (χ4v) is 5.57. The Bertz CT molecular complexity index is 1790.